The van der Waals surface area contributed by atoms with Gasteiger partial charge in [0.1, 0.15) is 45.2 Å². The second-order valence-electron chi connectivity index (χ2n) is 8.45. The number of amides is 1. The fraction of sp³-hybridized carbons (Fsp3) is 0.333. The third-order valence-electron chi connectivity index (χ3n) is 5.46. The Morgan fingerprint density at radius 2 is 1.85 bits per heavy atom. The number of aliphatic hydroxyl groups is 1. The largest absolute Gasteiger partial charge is 0.495 e. The molecule has 210 valence electrons. The van der Waals surface area contributed by atoms with E-state index in [1.807, 2.05) is 19.0 Å². The third kappa shape index (κ3) is 7.41. The van der Waals surface area contributed by atoms with E-state index in [4.69, 9.17) is 32.7 Å². The maximum absolute atomic E-state index is 12.0. The smallest absolute Gasteiger partial charge is 0.247 e. The van der Waals surface area contributed by atoms with Crippen LogP contribution in [0.15, 0.2) is 37.3 Å². The van der Waals surface area contributed by atoms with E-state index in [2.05, 4.69) is 37.6 Å². The number of methoxy groups -OCH3 is 2. The molecule has 0 radical (unpaired) electrons. The molecule has 2 heterocycles. The lowest BCUT2D eigenvalue weighted by molar-refractivity contribution is -0.111. The molecule has 3 rings (SSSR count). The standard InChI is InChI=1S/C24H31Cl2N9O4/c1-7-19(36)29-14-12-35(9-8-33(2)3)32-23(14)30-17-11-18(28-13-27-17)34(4)24(37)31-22-20(25)15(38-5)10-16(39-6)21(22)26/h7,10-13,24,31,37H,1,8-9H2,2-6H3,(H,29,36)(H,27,28,30,32). The molecule has 3 aromatic rings. The Bertz CT molecular complexity index is 1290. The number of benzene rings is 1. The first-order chi connectivity index (χ1) is 18.6. The number of anilines is 5. The predicted octanol–water partition coefficient (Wildman–Crippen LogP) is 3.25. The van der Waals surface area contributed by atoms with Gasteiger partial charge in [0.15, 0.2) is 5.82 Å². The second kappa shape index (κ2) is 13.3. The minimum absolute atomic E-state index is 0.166. The molecule has 13 nitrogen and oxygen atoms in total. The molecule has 1 unspecified atom stereocenters. The van der Waals surface area contributed by atoms with Crippen molar-refractivity contribution >= 4 is 57.9 Å². The molecule has 0 bridgehead atoms. The molecular weight excluding hydrogens is 549 g/mol. The van der Waals surface area contributed by atoms with E-state index in [1.54, 1.807) is 30.1 Å². The Balaban J connectivity index is 1.83. The van der Waals surface area contributed by atoms with Crippen LogP contribution >= 0.6 is 23.2 Å². The summed E-state index contributed by atoms with van der Waals surface area (Å²) in [4.78, 5) is 23.9. The van der Waals surface area contributed by atoms with Gasteiger partial charge in [-0.15, -0.1) is 0 Å². The zero-order chi connectivity index (χ0) is 28.7. The Labute approximate surface area is 236 Å². The zero-order valence-corrected chi connectivity index (χ0v) is 23.7. The number of hydrogen-bond acceptors (Lipinski definition) is 11. The molecule has 1 atom stereocenters. The maximum atomic E-state index is 12.0. The van der Waals surface area contributed by atoms with Crippen molar-refractivity contribution in [1.82, 2.24) is 24.6 Å². The molecule has 4 N–H and O–H groups in total. The van der Waals surface area contributed by atoms with Crippen LogP contribution in [0.1, 0.15) is 0 Å². The van der Waals surface area contributed by atoms with Gasteiger partial charge in [0, 0.05) is 25.7 Å². The van der Waals surface area contributed by atoms with Crippen LogP contribution in [-0.4, -0.2) is 83.9 Å². The number of aliphatic hydroxyl groups excluding tert-OH is 1. The molecule has 2 aromatic heterocycles. The number of aromatic nitrogens is 4. The van der Waals surface area contributed by atoms with Gasteiger partial charge in [-0.05, 0) is 20.2 Å². The van der Waals surface area contributed by atoms with E-state index >= 15 is 0 Å². The molecule has 39 heavy (non-hydrogen) atoms. The third-order valence-corrected chi connectivity index (χ3v) is 6.21. The van der Waals surface area contributed by atoms with Crippen molar-refractivity contribution in [3.8, 4) is 11.5 Å². The van der Waals surface area contributed by atoms with Gasteiger partial charge in [-0.2, -0.15) is 5.10 Å². The molecule has 0 saturated heterocycles. The van der Waals surface area contributed by atoms with Crippen molar-refractivity contribution in [1.29, 1.82) is 0 Å². The minimum Gasteiger partial charge on any atom is -0.495 e. The first-order valence-electron chi connectivity index (χ1n) is 11.6. The average molecular weight is 580 g/mol. The SMILES string of the molecule is C=CC(=O)Nc1cn(CCN(C)C)nc1Nc1cc(N(C)C(O)Nc2c(Cl)c(OC)cc(OC)c2Cl)ncn1. The molecule has 1 amide bonds. The van der Waals surface area contributed by atoms with Crippen LogP contribution < -0.4 is 30.3 Å². The van der Waals surface area contributed by atoms with Crippen molar-refractivity contribution in [3.05, 3.63) is 47.4 Å². The van der Waals surface area contributed by atoms with Crippen molar-refractivity contribution in [2.75, 3.05) is 62.8 Å². The summed E-state index contributed by atoms with van der Waals surface area (Å²) in [6.45, 7) is 4.84. The Morgan fingerprint density at radius 1 is 1.18 bits per heavy atom. The molecule has 15 heteroatoms. The lowest BCUT2D eigenvalue weighted by Crippen LogP contribution is -2.38. The predicted molar refractivity (Wildman–Crippen MR) is 153 cm³/mol. The summed E-state index contributed by atoms with van der Waals surface area (Å²) in [5, 5.41) is 24.5. The van der Waals surface area contributed by atoms with Crippen LogP contribution in [-0.2, 0) is 11.3 Å². The number of halogens is 2. The monoisotopic (exact) mass is 579 g/mol. The van der Waals surface area contributed by atoms with E-state index in [9.17, 15) is 9.90 Å². The first kappa shape index (κ1) is 29.8. The average Bonchev–Trinajstić information content (AvgIpc) is 3.30. The molecule has 0 aliphatic carbocycles. The highest BCUT2D eigenvalue weighted by molar-refractivity contribution is 6.41. The summed E-state index contributed by atoms with van der Waals surface area (Å²) in [6, 6.07) is 3.14. The number of nitrogens with zero attached hydrogens (tertiary/aromatic N) is 6. The van der Waals surface area contributed by atoms with E-state index in [0.717, 1.165) is 6.54 Å². The van der Waals surface area contributed by atoms with Gasteiger partial charge in [0.05, 0.1) is 32.6 Å². The number of likely N-dealkylation sites (N-methyl/N-ethyl adjacent to an activating group) is 1. The Kier molecular flexibility index (Phi) is 10.2. The lowest BCUT2D eigenvalue weighted by Gasteiger charge is -2.27. The Hall–Kier alpha value is -3.78. The molecule has 1 aromatic carbocycles. The molecule has 0 saturated carbocycles. The maximum Gasteiger partial charge on any atom is 0.247 e. The summed E-state index contributed by atoms with van der Waals surface area (Å²) in [5.41, 5.74) is 0.664. The highest BCUT2D eigenvalue weighted by Crippen LogP contribution is 2.44. The Morgan fingerprint density at radius 3 is 2.44 bits per heavy atom. The molecule has 0 fully saturated rings. The van der Waals surface area contributed by atoms with Crippen molar-refractivity contribution in [3.63, 3.8) is 0 Å². The van der Waals surface area contributed by atoms with Crippen LogP contribution in [0, 0.1) is 0 Å². The molecule has 0 aliphatic heterocycles. The molecule has 0 spiro atoms. The quantitative estimate of drug-likeness (QED) is 0.175. The number of rotatable bonds is 13. The number of carbonyl (C=O) groups is 1. The molecule has 0 aliphatic rings. The van der Waals surface area contributed by atoms with Crippen LogP contribution in [0.3, 0.4) is 0 Å². The normalized spacial score (nSPS) is 11.6. The van der Waals surface area contributed by atoms with Crippen molar-refractivity contribution < 1.29 is 19.4 Å². The molecular formula is C24H31Cl2N9O4. The minimum atomic E-state index is -1.31. The van der Waals surface area contributed by atoms with Crippen molar-refractivity contribution in [2.24, 2.45) is 0 Å². The second-order valence-corrected chi connectivity index (χ2v) is 9.21. The van der Waals surface area contributed by atoms with E-state index in [1.165, 1.54) is 31.5 Å². The summed E-state index contributed by atoms with van der Waals surface area (Å²) in [6.07, 6.45) is 2.89. The van der Waals surface area contributed by atoms with Gasteiger partial charge in [-0.25, -0.2) is 9.97 Å². The van der Waals surface area contributed by atoms with Crippen LogP contribution in [0.4, 0.5) is 28.8 Å². The topological polar surface area (TPSA) is 142 Å². The van der Waals surface area contributed by atoms with E-state index < -0.39 is 6.35 Å². The van der Waals surface area contributed by atoms with Crippen LogP contribution in [0.25, 0.3) is 0 Å². The van der Waals surface area contributed by atoms with E-state index in [0.29, 0.717) is 41.2 Å². The van der Waals surface area contributed by atoms with E-state index in [-0.39, 0.29) is 21.6 Å². The number of nitrogens with one attached hydrogen (secondary N) is 3. The van der Waals surface area contributed by atoms with Gasteiger partial charge < -0.3 is 40.3 Å². The van der Waals surface area contributed by atoms with Crippen LogP contribution in [0.2, 0.25) is 10.0 Å². The first-order valence-corrected chi connectivity index (χ1v) is 12.4. The highest BCUT2D eigenvalue weighted by Gasteiger charge is 2.22. The summed E-state index contributed by atoms with van der Waals surface area (Å²) in [7, 11) is 8.43. The van der Waals surface area contributed by atoms with Gasteiger partial charge in [-0.1, -0.05) is 29.8 Å². The number of carbonyl (C=O) groups excluding carboxylic acids is 1. The van der Waals surface area contributed by atoms with Gasteiger partial charge in [0.2, 0.25) is 12.3 Å². The summed E-state index contributed by atoms with van der Waals surface area (Å²) < 4.78 is 12.3. The van der Waals surface area contributed by atoms with Crippen molar-refractivity contribution in [2.45, 2.75) is 12.9 Å². The summed E-state index contributed by atoms with van der Waals surface area (Å²) >= 11 is 12.8. The van der Waals surface area contributed by atoms with Crippen LogP contribution in [0.5, 0.6) is 11.5 Å². The van der Waals surface area contributed by atoms with Gasteiger partial charge in [-0.3, -0.25) is 9.48 Å². The fourth-order valence-corrected chi connectivity index (χ4v) is 3.91. The number of hydrogen-bond donors (Lipinski definition) is 4. The van der Waals surface area contributed by atoms with Gasteiger partial charge >= 0.3 is 0 Å². The highest BCUT2D eigenvalue weighted by atomic mass is 35.5. The lowest BCUT2D eigenvalue weighted by atomic mass is 10.2. The van der Waals surface area contributed by atoms with Gasteiger partial charge in [0.25, 0.3) is 0 Å². The summed E-state index contributed by atoms with van der Waals surface area (Å²) in [5.74, 6) is 1.33. The number of ether oxygens (including phenoxy) is 2. The fourth-order valence-electron chi connectivity index (χ4n) is 3.30. The zero-order valence-electron chi connectivity index (χ0n) is 22.2.